The van der Waals surface area contributed by atoms with Crippen LogP contribution in [0.1, 0.15) is 45.0 Å². The zero-order chi connectivity index (χ0) is 10.8. The third-order valence-electron chi connectivity index (χ3n) is 3.23. The van der Waals surface area contributed by atoms with E-state index in [1.165, 1.54) is 19.3 Å². The highest BCUT2D eigenvalue weighted by molar-refractivity contribution is 4.95. The van der Waals surface area contributed by atoms with E-state index in [1.807, 2.05) is 11.6 Å². The molecule has 2 rings (SSSR count). The molecule has 1 aliphatic rings. The number of aryl methyl sites for hydroxylation is 1. The molecule has 1 heterocycles. The van der Waals surface area contributed by atoms with Gasteiger partial charge in [-0.3, -0.25) is 0 Å². The van der Waals surface area contributed by atoms with Gasteiger partial charge in [-0.1, -0.05) is 6.92 Å². The Morgan fingerprint density at radius 2 is 2.33 bits per heavy atom. The van der Waals surface area contributed by atoms with E-state index in [9.17, 15) is 0 Å². The van der Waals surface area contributed by atoms with Crippen molar-refractivity contribution in [3.05, 3.63) is 12.2 Å². The van der Waals surface area contributed by atoms with Gasteiger partial charge >= 0.3 is 0 Å². The second-order valence-electron chi connectivity index (χ2n) is 4.54. The van der Waals surface area contributed by atoms with Crippen molar-refractivity contribution in [3.8, 4) is 0 Å². The van der Waals surface area contributed by atoms with E-state index < -0.39 is 0 Å². The van der Waals surface area contributed by atoms with Crippen molar-refractivity contribution in [2.75, 3.05) is 0 Å². The average Bonchev–Trinajstić information content (AvgIpc) is 2.97. The molecule has 4 nitrogen and oxygen atoms in total. The summed E-state index contributed by atoms with van der Waals surface area (Å²) in [7, 11) is 1.99. The van der Waals surface area contributed by atoms with Gasteiger partial charge in [0.1, 0.15) is 12.2 Å². The molecule has 4 heteroatoms. The van der Waals surface area contributed by atoms with E-state index in [0.29, 0.717) is 12.1 Å². The first-order valence-electron chi connectivity index (χ1n) is 5.82. The molecule has 15 heavy (non-hydrogen) atoms. The van der Waals surface area contributed by atoms with E-state index in [2.05, 4.69) is 29.4 Å². The first kappa shape index (κ1) is 10.6. The van der Waals surface area contributed by atoms with Crippen molar-refractivity contribution in [3.63, 3.8) is 0 Å². The summed E-state index contributed by atoms with van der Waals surface area (Å²) in [5.74, 6) is 1.92. The summed E-state index contributed by atoms with van der Waals surface area (Å²) in [6, 6.07) is 0.944. The van der Waals surface area contributed by atoms with Crippen LogP contribution >= 0.6 is 0 Å². The first-order chi connectivity index (χ1) is 7.22. The minimum Gasteiger partial charge on any atom is -0.319 e. The highest BCUT2D eigenvalue weighted by Gasteiger charge is 2.31. The van der Waals surface area contributed by atoms with Crippen LogP contribution in [0.15, 0.2) is 6.33 Å². The van der Waals surface area contributed by atoms with Crippen LogP contribution in [-0.4, -0.2) is 20.8 Å². The van der Waals surface area contributed by atoms with Crippen molar-refractivity contribution in [1.29, 1.82) is 0 Å². The van der Waals surface area contributed by atoms with Gasteiger partial charge in [0.25, 0.3) is 0 Å². The van der Waals surface area contributed by atoms with Gasteiger partial charge in [0.15, 0.2) is 0 Å². The molecule has 1 N–H and O–H groups in total. The molecular formula is C11H20N4. The number of nitrogens with zero attached hydrogens (tertiary/aromatic N) is 3. The van der Waals surface area contributed by atoms with Gasteiger partial charge in [0, 0.05) is 13.1 Å². The van der Waals surface area contributed by atoms with E-state index in [-0.39, 0.29) is 0 Å². The minimum atomic E-state index is 0.294. The fraction of sp³-hybridized carbons (Fsp3) is 0.818. The largest absolute Gasteiger partial charge is 0.319 e. The monoisotopic (exact) mass is 208 g/mol. The Morgan fingerprint density at radius 3 is 2.80 bits per heavy atom. The lowest BCUT2D eigenvalue weighted by molar-refractivity contribution is 0.390. The Kier molecular flexibility index (Phi) is 3.05. The van der Waals surface area contributed by atoms with Gasteiger partial charge in [-0.25, -0.2) is 0 Å². The van der Waals surface area contributed by atoms with E-state index in [4.69, 9.17) is 0 Å². The van der Waals surface area contributed by atoms with Crippen LogP contribution in [0.5, 0.6) is 0 Å². The Hall–Kier alpha value is -0.900. The fourth-order valence-corrected chi connectivity index (χ4v) is 2.17. The van der Waals surface area contributed by atoms with Crippen LogP contribution in [0.2, 0.25) is 0 Å². The van der Waals surface area contributed by atoms with Crippen LogP contribution in [0.3, 0.4) is 0 Å². The van der Waals surface area contributed by atoms with E-state index in [1.54, 1.807) is 6.33 Å². The van der Waals surface area contributed by atoms with E-state index in [0.717, 1.165) is 11.7 Å². The minimum absolute atomic E-state index is 0.294. The maximum Gasteiger partial charge on any atom is 0.149 e. The van der Waals surface area contributed by atoms with Crippen molar-refractivity contribution < 1.29 is 0 Å². The quantitative estimate of drug-likeness (QED) is 0.800. The van der Waals surface area contributed by atoms with Crippen molar-refractivity contribution in [1.82, 2.24) is 20.1 Å². The number of hydrogen-bond donors (Lipinski definition) is 1. The fourth-order valence-electron chi connectivity index (χ4n) is 2.17. The van der Waals surface area contributed by atoms with Gasteiger partial charge in [-0.15, -0.1) is 10.2 Å². The molecule has 0 amide bonds. The standard InChI is InChI=1S/C11H20N4/c1-4-10(9-5-6-9)13-8(2)11-14-12-7-15(11)3/h7-10,13H,4-6H2,1-3H3. The molecule has 1 aliphatic carbocycles. The summed E-state index contributed by atoms with van der Waals surface area (Å²) < 4.78 is 1.98. The maximum absolute atomic E-state index is 4.13. The van der Waals surface area contributed by atoms with Crippen molar-refractivity contribution in [2.45, 2.75) is 45.2 Å². The third-order valence-corrected chi connectivity index (χ3v) is 3.23. The number of rotatable bonds is 5. The van der Waals surface area contributed by atoms with Gasteiger partial charge < -0.3 is 9.88 Å². The lowest BCUT2D eigenvalue weighted by Gasteiger charge is -2.21. The normalized spacial score (nSPS) is 20.2. The van der Waals surface area contributed by atoms with Gasteiger partial charge in [-0.2, -0.15) is 0 Å². The molecule has 0 aliphatic heterocycles. The molecule has 1 aromatic rings. The third kappa shape index (κ3) is 2.37. The molecule has 2 unspecified atom stereocenters. The highest BCUT2D eigenvalue weighted by Crippen LogP contribution is 2.34. The first-order valence-corrected chi connectivity index (χ1v) is 5.82. The average molecular weight is 208 g/mol. The zero-order valence-electron chi connectivity index (χ0n) is 9.77. The topological polar surface area (TPSA) is 42.7 Å². The summed E-state index contributed by atoms with van der Waals surface area (Å²) in [5.41, 5.74) is 0. The molecule has 84 valence electrons. The molecule has 0 aromatic carbocycles. The second-order valence-corrected chi connectivity index (χ2v) is 4.54. The summed E-state index contributed by atoms with van der Waals surface area (Å²) >= 11 is 0. The molecular weight excluding hydrogens is 188 g/mol. The van der Waals surface area contributed by atoms with Crippen LogP contribution in [0, 0.1) is 5.92 Å². The summed E-state index contributed by atoms with van der Waals surface area (Å²) in [4.78, 5) is 0. The summed E-state index contributed by atoms with van der Waals surface area (Å²) in [5, 5.41) is 11.7. The zero-order valence-corrected chi connectivity index (χ0v) is 9.77. The number of aromatic nitrogens is 3. The Bertz CT molecular complexity index is 316. The predicted octanol–water partition coefficient (Wildman–Crippen LogP) is 1.65. The van der Waals surface area contributed by atoms with Gasteiger partial charge in [0.2, 0.25) is 0 Å². The maximum atomic E-state index is 4.13. The Morgan fingerprint density at radius 1 is 1.60 bits per heavy atom. The van der Waals surface area contributed by atoms with Crippen molar-refractivity contribution >= 4 is 0 Å². The van der Waals surface area contributed by atoms with Crippen LogP contribution in [-0.2, 0) is 7.05 Å². The Balaban J connectivity index is 1.96. The molecule has 0 radical (unpaired) electrons. The molecule has 1 saturated carbocycles. The Labute approximate surface area is 91.1 Å². The SMILES string of the molecule is CCC(NC(C)c1nncn1C)C1CC1. The molecule has 0 spiro atoms. The van der Waals surface area contributed by atoms with Crippen LogP contribution in [0.25, 0.3) is 0 Å². The lowest BCUT2D eigenvalue weighted by atomic mass is 10.1. The van der Waals surface area contributed by atoms with E-state index >= 15 is 0 Å². The smallest absolute Gasteiger partial charge is 0.149 e. The van der Waals surface area contributed by atoms with Crippen LogP contribution in [0.4, 0.5) is 0 Å². The molecule has 0 bridgehead atoms. The lowest BCUT2D eigenvalue weighted by Crippen LogP contribution is -2.33. The number of hydrogen-bond acceptors (Lipinski definition) is 3. The molecule has 1 fully saturated rings. The van der Waals surface area contributed by atoms with Gasteiger partial charge in [-0.05, 0) is 32.1 Å². The highest BCUT2D eigenvalue weighted by atomic mass is 15.3. The molecule has 1 aromatic heterocycles. The van der Waals surface area contributed by atoms with Gasteiger partial charge in [0.05, 0.1) is 6.04 Å². The number of nitrogens with one attached hydrogen (secondary N) is 1. The summed E-state index contributed by atoms with van der Waals surface area (Å²) in [6.07, 6.45) is 5.73. The molecule has 0 saturated heterocycles. The molecule has 2 atom stereocenters. The second kappa shape index (κ2) is 4.31. The predicted molar refractivity (Wildman–Crippen MR) is 59.4 cm³/mol. The summed E-state index contributed by atoms with van der Waals surface area (Å²) in [6.45, 7) is 4.41. The van der Waals surface area contributed by atoms with Crippen LogP contribution < -0.4 is 5.32 Å². The van der Waals surface area contributed by atoms with Crippen molar-refractivity contribution in [2.24, 2.45) is 13.0 Å².